The van der Waals surface area contributed by atoms with Crippen molar-refractivity contribution in [2.24, 2.45) is 17.6 Å². The first-order valence-electron chi connectivity index (χ1n) is 10.2. The standard InChI is InChI=1S/C22H31N3O3/c1-16(2)14-18(22(21(23)27)15-24-11-5-13-28-22)8-9-20(26)25-12-10-17-6-3-4-7-19(17)25/h3-4,6-9,16,18,24H,5,10-15H2,1-2H3,(H2,23,27)/b9-8+/t18-,22?/m1/s1. The van der Waals surface area contributed by atoms with E-state index in [1.807, 2.05) is 24.3 Å². The van der Waals surface area contributed by atoms with Gasteiger partial charge in [-0.2, -0.15) is 0 Å². The third-order valence-corrected chi connectivity index (χ3v) is 5.61. The molecule has 2 heterocycles. The van der Waals surface area contributed by atoms with Crippen LogP contribution in [0.2, 0.25) is 0 Å². The van der Waals surface area contributed by atoms with Crippen molar-refractivity contribution < 1.29 is 14.3 Å². The second-order valence-corrected chi connectivity index (χ2v) is 8.10. The number of nitrogens with two attached hydrogens (primary N) is 1. The number of carbonyl (C=O) groups is 2. The van der Waals surface area contributed by atoms with E-state index in [9.17, 15) is 9.59 Å². The Morgan fingerprint density at radius 1 is 1.36 bits per heavy atom. The second-order valence-electron chi connectivity index (χ2n) is 8.10. The highest BCUT2D eigenvalue weighted by atomic mass is 16.5. The average Bonchev–Trinajstić information content (AvgIpc) is 2.93. The van der Waals surface area contributed by atoms with Crippen LogP contribution in [0.1, 0.15) is 32.3 Å². The maximum Gasteiger partial charge on any atom is 0.251 e. The Labute approximate surface area is 167 Å². The number of hydrogen-bond acceptors (Lipinski definition) is 4. The normalized spacial score (nSPS) is 23.6. The Kier molecular flexibility index (Phi) is 6.52. The molecule has 28 heavy (non-hydrogen) atoms. The Hall–Kier alpha value is -2.18. The Morgan fingerprint density at radius 3 is 2.89 bits per heavy atom. The highest BCUT2D eigenvalue weighted by molar-refractivity contribution is 6.03. The van der Waals surface area contributed by atoms with Gasteiger partial charge in [0.05, 0.1) is 0 Å². The molecular weight excluding hydrogens is 354 g/mol. The second kappa shape index (κ2) is 8.88. The number of ether oxygens (including phenoxy) is 1. The van der Waals surface area contributed by atoms with Crippen molar-refractivity contribution in [2.75, 3.05) is 31.1 Å². The van der Waals surface area contributed by atoms with Crippen molar-refractivity contribution in [3.05, 3.63) is 42.0 Å². The molecule has 1 fully saturated rings. The molecule has 1 aromatic carbocycles. The third-order valence-electron chi connectivity index (χ3n) is 5.61. The molecule has 6 heteroatoms. The first-order chi connectivity index (χ1) is 13.4. The van der Waals surface area contributed by atoms with Crippen molar-refractivity contribution in [1.82, 2.24) is 5.32 Å². The molecule has 152 valence electrons. The van der Waals surface area contributed by atoms with Gasteiger partial charge in [0, 0.05) is 31.3 Å². The number of rotatable bonds is 6. The summed E-state index contributed by atoms with van der Waals surface area (Å²) in [6.07, 6.45) is 5.83. The maximum absolute atomic E-state index is 12.9. The van der Waals surface area contributed by atoms with E-state index in [0.29, 0.717) is 32.0 Å². The minimum Gasteiger partial charge on any atom is -0.367 e. The first-order valence-corrected chi connectivity index (χ1v) is 10.2. The molecule has 2 atom stereocenters. The smallest absolute Gasteiger partial charge is 0.251 e. The van der Waals surface area contributed by atoms with Crippen molar-refractivity contribution >= 4 is 17.5 Å². The van der Waals surface area contributed by atoms with Crippen molar-refractivity contribution in [1.29, 1.82) is 0 Å². The molecule has 1 aromatic rings. The fraction of sp³-hybridized carbons (Fsp3) is 0.545. The number of primary amides is 1. The summed E-state index contributed by atoms with van der Waals surface area (Å²) in [6.45, 7) is 6.50. The van der Waals surface area contributed by atoms with Gasteiger partial charge in [-0.3, -0.25) is 9.59 Å². The van der Waals surface area contributed by atoms with Crippen molar-refractivity contribution in [3.8, 4) is 0 Å². The van der Waals surface area contributed by atoms with E-state index in [4.69, 9.17) is 10.5 Å². The quantitative estimate of drug-likeness (QED) is 0.734. The lowest BCUT2D eigenvalue weighted by molar-refractivity contribution is -0.148. The highest BCUT2D eigenvalue weighted by Crippen LogP contribution is 2.32. The van der Waals surface area contributed by atoms with Gasteiger partial charge in [0.2, 0.25) is 0 Å². The molecule has 6 nitrogen and oxygen atoms in total. The predicted octanol–water partition coefficient (Wildman–Crippen LogP) is 2.03. The number of fused-ring (bicyclic) bond motifs is 1. The summed E-state index contributed by atoms with van der Waals surface area (Å²) in [6, 6.07) is 7.97. The zero-order valence-corrected chi connectivity index (χ0v) is 16.8. The molecule has 0 saturated carbocycles. The number of amides is 2. The van der Waals surface area contributed by atoms with E-state index < -0.39 is 11.5 Å². The summed E-state index contributed by atoms with van der Waals surface area (Å²) in [5.41, 5.74) is 6.84. The molecule has 0 radical (unpaired) electrons. The number of nitrogens with zero attached hydrogens (tertiary/aromatic N) is 1. The van der Waals surface area contributed by atoms with Crippen LogP contribution in [-0.4, -0.2) is 43.7 Å². The lowest BCUT2D eigenvalue weighted by Crippen LogP contribution is -2.57. The van der Waals surface area contributed by atoms with Gasteiger partial charge in [-0.1, -0.05) is 38.1 Å². The summed E-state index contributed by atoms with van der Waals surface area (Å²) in [4.78, 5) is 27.1. The predicted molar refractivity (Wildman–Crippen MR) is 110 cm³/mol. The van der Waals surface area contributed by atoms with E-state index >= 15 is 0 Å². The minimum absolute atomic E-state index is 0.0695. The number of benzene rings is 1. The molecule has 0 aliphatic carbocycles. The Bertz CT molecular complexity index is 736. The summed E-state index contributed by atoms with van der Waals surface area (Å²) >= 11 is 0. The fourth-order valence-corrected chi connectivity index (χ4v) is 4.14. The van der Waals surface area contributed by atoms with Gasteiger partial charge < -0.3 is 20.7 Å². The van der Waals surface area contributed by atoms with Gasteiger partial charge in [-0.25, -0.2) is 0 Å². The molecule has 0 bridgehead atoms. The summed E-state index contributed by atoms with van der Waals surface area (Å²) < 4.78 is 6.02. The van der Waals surface area contributed by atoms with E-state index in [1.54, 1.807) is 11.0 Å². The molecular formula is C22H31N3O3. The first kappa shape index (κ1) is 20.6. The van der Waals surface area contributed by atoms with Crippen LogP contribution >= 0.6 is 0 Å². The summed E-state index contributed by atoms with van der Waals surface area (Å²) in [5, 5.41) is 3.27. The van der Waals surface area contributed by atoms with E-state index in [0.717, 1.165) is 25.1 Å². The lowest BCUT2D eigenvalue weighted by Gasteiger charge is -2.36. The summed E-state index contributed by atoms with van der Waals surface area (Å²) in [7, 11) is 0. The van der Waals surface area contributed by atoms with Gasteiger partial charge in [0.25, 0.3) is 11.8 Å². The largest absolute Gasteiger partial charge is 0.367 e. The molecule has 1 unspecified atom stereocenters. The van der Waals surface area contributed by atoms with Crippen LogP contribution in [0.3, 0.4) is 0 Å². The van der Waals surface area contributed by atoms with Gasteiger partial charge >= 0.3 is 0 Å². The Morgan fingerprint density at radius 2 is 2.14 bits per heavy atom. The number of anilines is 1. The SMILES string of the molecule is CC(C)C[C@@H](/C=C/C(=O)N1CCc2ccccc21)C1(C(N)=O)CNCCCO1. The minimum atomic E-state index is -1.12. The average molecular weight is 386 g/mol. The zero-order valence-electron chi connectivity index (χ0n) is 16.8. The van der Waals surface area contributed by atoms with Crippen molar-refractivity contribution in [2.45, 2.75) is 38.7 Å². The number of nitrogens with one attached hydrogen (secondary N) is 1. The molecule has 3 N–H and O–H groups in total. The Balaban J connectivity index is 1.83. The van der Waals surface area contributed by atoms with Crippen LogP contribution in [0.15, 0.2) is 36.4 Å². The fourth-order valence-electron chi connectivity index (χ4n) is 4.14. The zero-order chi connectivity index (χ0) is 20.1. The highest BCUT2D eigenvalue weighted by Gasteiger charge is 2.45. The number of hydrogen-bond donors (Lipinski definition) is 2. The van der Waals surface area contributed by atoms with E-state index in [2.05, 4.69) is 25.2 Å². The lowest BCUT2D eigenvalue weighted by atomic mass is 9.80. The van der Waals surface area contributed by atoms with E-state index in [1.165, 1.54) is 5.56 Å². The molecule has 2 aliphatic rings. The summed E-state index contributed by atoms with van der Waals surface area (Å²) in [5.74, 6) is -0.478. The maximum atomic E-state index is 12.9. The van der Waals surface area contributed by atoms with Crippen LogP contribution in [0.25, 0.3) is 0 Å². The van der Waals surface area contributed by atoms with Crippen LogP contribution in [0.5, 0.6) is 0 Å². The topological polar surface area (TPSA) is 84.7 Å². The van der Waals surface area contributed by atoms with Gasteiger partial charge in [0.1, 0.15) is 0 Å². The molecule has 0 aromatic heterocycles. The number of carbonyl (C=O) groups excluding carboxylic acids is 2. The van der Waals surface area contributed by atoms with Crippen LogP contribution < -0.4 is 16.0 Å². The molecule has 2 amide bonds. The monoisotopic (exact) mass is 385 g/mol. The van der Waals surface area contributed by atoms with E-state index in [-0.39, 0.29) is 11.8 Å². The van der Waals surface area contributed by atoms with Crippen LogP contribution in [-0.2, 0) is 20.7 Å². The molecule has 0 spiro atoms. The van der Waals surface area contributed by atoms with Gasteiger partial charge in [-0.15, -0.1) is 0 Å². The van der Waals surface area contributed by atoms with Gasteiger partial charge in [0.15, 0.2) is 5.60 Å². The van der Waals surface area contributed by atoms with Crippen LogP contribution in [0, 0.1) is 11.8 Å². The molecule has 3 rings (SSSR count). The van der Waals surface area contributed by atoms with Crippen molar-refractivity contribution in [3.63, 3.8) is 0 Å². The van der Waals surface area contributed by atoms with Gasteiger partial charge in [-0.05, 0) is 49.4 Å². The molecule has 1 saturated heterocycles. The molecule has 2 aliphatic heterocycles. The third kappa shape index (κ3) is 4.28. The number of para-hydroxylation sites is 1. The van der Waals surface area contributed by atoms with Crippen LogP contribution in [0.4, 0.5) is 5.69 Å².